The van der Waals surface area contributed by atoms with Crippen LogP contribution < -0.4 is 15.5 Å². The SMILES string of the molecule is COc1ccccc1CC(C)NC(=O)c1cc(=O)c2cc(C)c(C)cc2o1. The lowest BCUT2D eigenvalue weighted by Gasteiger charge is -2.15. The first-order valence-electron chi connectivity index (χ1n) is 8.87. The Morgan fingerprint density at radius 1 is 1.15 bits per heavy atom. The predicted molar refractivity (Wildman–Crippen MR) is 106 cm³/mol. The molecule has 0 bridgehead atoms. The Morgan fingerprint density at radius 2 is 1.85 bits per heavy atom. The minimum Gasteiger partial charge on any atom is -0.496 e. The molecular weight excluding hydrogens is 342 g/mol. The van der Waals surface area contributed by atoms with Gasteiger partial charge < -0.3 is 14.5 Å². The number of fused-ring (bicyclic) bond motifs is 1. The summed E-state index contributed by atoms with van der Waals surface area (Å²) in [4.78, 5) is 24.9. The number of hydrogen-bond acceptors (Lipinski definition) is 4. The zero-order valence-corrected chi connectivity index (χ0v) is 16.0. The van der Waals surface area contributed by atoms with Gasteiger partial charge in [-0.2, -0.15) is 0 Å². The van der Waals surface area contributed by atoms with Crippen molar-refractivity contribution in [3.63, 3.8) is 0 Å². The largest absolute Gasteiger partial charge is 0.496 e. The second kappa shape index (κ2) is 7.66. The average molecular weight is 365 g/mol. The van der Waals surface area contributed by atoms with Crippen molar-refractivity contribution in [2.45, 2.75) is 33.2 Å². The van der Waals surface area contributed by atoms with Gasteiger partial charge in [0, 0.05) is 12.1 Å². The first-order chi connectivity index (χ1) is 12.9. The van der Waals surface area contributed by atoms with Gasteiger partial charge in [-0.1, -0.05) is 18.2 Å². The Balaban J connectivity index is 1.81. The van der Waals surface area contributed by atoms with Crippen molar-refractivity contribution in [1.29, 1.82) is 0 Å². The van der Waals surface area contributed by atoms with Gasteiger partial charge >= 0.3 is 0 Å². The smallest absolute Gasteiger partial charge is 0.287 e. The van der Waals surface area contributed by atoms with Crippen LogP contribution in [0.15, 0.2) is 51.7 Å². The summed E-state index contributed by atoms with van der Waals surface area (Å²) in [5, 5.41) is 3.37. The van der Waals surface area contributed by atoms with Crippen molar-refractivity contribution in [3.8, 4) is 5.75 Å². The quantitative estimate of drug-likeness (QED) is 0.747. The molecule has 0 aliphatic rings. The molecule has 5 heteroatoms. The molecule has 3 aromatic rings. The van der Waals surface area contributed by atoms with Gasteiger partial charge in [0.2, 0.25) is 0 Å². The van der Waals surface area contributed by atoms with E-state index in [9.17, 15) is 9.59 Å². The molecule has 0 aliphatic heterocycles. The summed E-state index contributed by atoms with van der Waals surface area (Å²) < 4.78 is 11.0. The number of nitrogens with one attached hydrogen (secondary N) is 1. The minimum atomic E-state index is -0.408. The molecular formula is C22H23NO4. The van der Waals surface area contributed by atoms with E-state index in [0.717, 1.165) is 22.4 Å². The van der Waals surface area contributed by atoms with Crippen LogP contribution in [-0.4, -0.2) is 19.1 Å². The number of para-hydroxylation sites is 1. The Hall–Kier alpha value is -3.08. The number of carbonyl (C=O) groups is 1. The molecule has 140 valence electrons. The van der Waals surface area contributed by atoms with Gasteiger partial charge in [0.25, 0.3) is 5.91 Å². The van der Waals surface area contributed by atoms with Crippen LogP contribution >= 0.6 is 0 Å². The highest BCUT2D eigenvalue weighted by Gasteiger charge is 2.16. The molecule has 0 aliphatic carbocycles. The number of rotatable bonds is 5. The summed E-state index contributed by atoms with van der Waals surface area (Å²) in [6, 6.07) is 12.4. The highest BCUT2D eigenvalue weighted by Crippen LogP contribution is 2.20. The number of carbonyl (C=O) groups excluding carboxylic acids is 1. The van der Waals surface area contributed by atoms with E-state index in [4.69, 9.17) is 9.15 Å². The van der Waals surface area contributed by atoms with E-state index in [1.165, 1.54) is 6.07 Å². The van der Waals surface area contributed by atoms with Crippen LogP contribution in [0.2, 0.25) is 0 Å². The second-order valence-electron chi connectivity index (χ2n) is 6.80. The monoisotopic (exact) mass is 365 g/mol. The van der Waals surface area contributed by atoms with Crippen LogP contribution in [0.5, 0.6) is 5.75 Å². The van der Waals surface area contributed by atoms with Crippen molar-refractivity contribution in [2.24, 2.45) is 0 Å². The topological polar surface area (TPSA) is 68.5 Å². The van der Waals surface area contributed by atoms with Gasteiger partial charge in [-0.3, -0.25) is 9.59 Å². The van der Waals surface area contributed by atoms with Crippen LogP contribution in [0.4, 0.5) is 0 Å². The maximum atomic E-state index is 12.6. The molecule has 0 fully saturated rings. The minimum absolute atomic E-state index is 0.0163. The predicted octanol–water partition coefficient (Wildman–Crippen LogP) is 3.78. The van der Waals surface area contributed by atoms with E-state index in [0.29, 0.717) is 17.4 Å². The third-order valence-electron chi connectivity index (χ3n) is 4.66. The highest BCUT2D eigenvalue weighted by molar-refractivity contribution is 5.93. The zero-order valence-electron chi connectivity index (χ0n) is 16.0. The summed E-state index contributed by atoms with van der Waals surface area (Å²) in [6.07, 6.45) is 0.603. The maximum Gasteiger partial charge on any atom is 0.287 e. The van der Waals surface area contributed by atoms with Gasteiger partial charge in [-0.15, -0.1) is 0 Å². The van der Waals surface area contributed by atoms with Crippen LogP contribution in [0.3, 0.4) is 0 Å². The molecule has 1 heterocycles. The fourth-order valence-electron chi connectivity index (χ4n) is 3.07. The van der Waals surface area contributed by atoms with Crippen LogP contribution in [0.1, 0.15) is 34.2 Å². The van der Waals surface area contributed by atoms with Crippen LogP contribution in [-0.2, 0) is 6.42 Å². The molecule has 2 aromatic carbocycles. The van der Waals surface area contributed by atoms with E-state index >= 15 is 0 Å². The van der Waals surface area contributed by atoms with E-state index in [-0.39, 0.29) is 17.2 Å². The summed E-state index contributed by atoms with van der Waals surface area (Å²) >= 11 is 0. The molecule has 0 saturated heterocycles. The van der Waals surface area contributed by atoms with Crippen LogP contribution in [0.25, 0.3) is 11.0 Å². The first-order valence-corrected chi connectivity index (χ1v) is 8.87. The van der Waals surface area contributed by atoms with Crippen LogP contribution in [0, 0.1) is 13.8 Å². The van der Waals surface area contributed by atoms with Crippen molar-refractivity contribution >= 4 is 16.9 Å². The maximum absolute atomic E-state index is 12.6. The third kappa shape index (κ3) is 4.03. The Bertz CT molecular complexity index is 1050. The lowest BCUT2D eigenvalue weighted by Crippen LogP contribution is -2.34. The molecule has 1 aromatic heterocycles. The molecule has 27 heavy (non-hydrogen) atoms. The van der Waals surface area contributed by atoms with Gasteiger partial charge in [0.15, 0.2) is 11.2 Å². The Labute approximate surface area is 158 Å². The summed E-state index contributed by atoms with van der Waals surface area (Å²) in [7, 11) is 1.62. The normalized spacial score (nSPS) is 12.0. The first kappa shape index (κ1) is 18.7. The molecule has 3 rings (SSSR count). The standard InChI is InChI=1S/C22H23NO4/c1-13-9-17-18(24)12-21(27-20(17)10-14(13)2)22(25)23-15(3)11-16-7-5-6-8-19(16)26-4/h5-10,12,15H,11H2,1-4H3,(H,23,25). The van der Waals surface area contributed by atoms with Crippen molar-refractivity contribution in [1.82, 2.24) is 5.32 Å². The number of benzene rings is 2. The summed E-state index contributed by atoms with van der Waals surface area (Å²) in [5.74, 6) is 0.388. The summed E-state index contributed by atoms with van der Waals surface area (Å²) in [5.41, 5.74) is 3.22. The van der Waals surface area contributed by atoms with Crippen molar-refractivity contribution in [2.75, 3.05) is 7.11 Å². The van der Waals surface area contributed by atoms with E-state index in [1.54, 1.807) is 19.2 Å². The summed E-state index contributed by atoms with van der Waals surface area (Å²) in [6.45, 7) is 5.78. The number of ether oxygens (including phenoxy) is 1. The zero-order chi connectivity index (χ0) is 19.6. The van der Waals surface area contributed by atoms with Gasteiger partial charge in [-0.25, -0.2) is 0 Å². The highest BCUT2D eigenvalue weighted by atomic mass is 16.5. The molecule has 0 spiro atoms. The molecule has 1 amide bonds. The van der Waals surface area contributed by atoms with E-state index < -0.39 is 5.91 Å². The van der Waals surface area contributed by atoms with Gasteiger partial charge in [-0.05, 0) is 62.1 Å². The number of methoxy groups -OCH3 is 1. The fourth-order valence-corrected chi connectivity index (χ4v) is 3.07. The molecule has 0 radical (unpaired) electrons. The number of amides is 1. The lowest BCUT2D eigenvalue weighted by atomic mass is 10.1. The van der Waals surface area contributed by atoms with E-state index in [2.05, 4.69) is 5.32 Å². The lowest BCUT2D eigenvalue weighted by molar-refractivity contribution is 0.0912. The molecule has 1 atom stereocenters. The van der Waals surface area contributed by atoms with Crippen molar-refractivity contribution in [3.05, 3.63) is 75.1 Å². The molecule has 0 saturated carbocycles. The van der Waals surface area contributed by atoms with Crippen molar-refractivity contribution < 1.29 is 13.9 Å². The third-order valence-corrected chi connectivity index (χ3v) is 4.66. The van der Waals surface area contributed by atoms with E-state index in [1.807, 2.05) is 45.0 Å². The second-order valence-corrected chi connectivity index (χ2v) is 6.80. The Kier molecular flexibility index (Phi) is 5.31. The number of hydrogen-bond donors (Lipinski definition) is 1. The molecule has 1 N–H and O–H groups in total. The fraction of sp³-hybridized carbons (Fsp3) is 0.273. The van der Waals surface area contributed by atoms with Gasteiger partial charge in [0.1, 0.15) is 11.3 Å². The Morgan fingerprint density at radius 3 is 2.59 bits per heavy atom. The van der Waals surface area contributed by atoms with Gasteiger partial charge in [0.05, 0.1) is 12.5 Å². The average Bonchev–Trinajstić information content (AvgIpc) is 2.63. The molecule has 5 nitrogen and oxygen atoms in total. The molecule has 1 unspecified atom stereocenters. The number of aryl methyl sites for hydroxylation is 2.